The zero-order valence-corrected chi connectivity index (χ0v) is 20.5. The van der Waals surface area contributed by atoms with Crippen molar-refractivity contribution >= 4 is 22.8 Å². The minimum atomic E-state index is -1.48. The first kappa shape index (κ1) is 23.8. The van der Waals surface area contributed by atoms with Crippen molar-refractivity contribution in [1.29, 1.82) is 0 Å². The smallest absolute Gasteiger partial charge is 0.251 e. The molecule has 2 heterocycles. The van der Waals surface area contributed by atoms with Crippen LogP contribution >= 0.6 is 0 Å². The number of hydrogen-bond acceptors (Lipinski definition) is 4. The molecule has 36 heavy (non-hydrogen) atoms. The normalized spacial score (nSPS) is 16.0. The minimum Gasteiger partial charge on any atom is -0.373 e. The number of nitrogens with zero attached hydrogens (tertiary/aromatic N) is 3. The van der Waals surface area contributed by atoms with E-state index >= 15 is 0 Å². The lowest BCUT2D eigenvalue weighted by atomic mass is 9.85. The topological polar surface area (TPSA) is 87.5 Å². The van der Waals surface area contributed by atoms with Crippen molar-refractivity contribution in [3.05, 3.63) is 101 Å². The fourth-order valence-electron chi connectivity index (χ4n) is 5.09. The lowest BCUT2D eigenvalue weighted by Gasteiger charge is -2.29. The number of nitrogens with one attached hydrogen (secondary N) is 1. The van der Waals surface area contributed by atoms with Crippen LogP contribution in [0.3, 0.4) is 0 Å². The van der Waals surface area contributed by atoms with Gasteiger partial charge in [-0.3, -0.25) is 9.59 Å². The van der Waals surface area contributed by atoms with Crippen LogP contribution in [0, 0.1) is 0 Å². The second kappa shape index (κ2) is 9.59. The van der Waals surface area contributed by atoms with Gasteiger partial charge in [-0.1, -0.05) is 60.7 Å². The molecule has 184 valence electrons. The van der Waals surface area contributed by atoms with Gasteiger partial charge in [0.15, 0.2) is 11.4 Å². The second-order valence-corrected chi connectivity index (χ2v) is 9.13. The molecule has 5 rings (SSSR count). The third-order valence-electron chi connectivity index (χ3n) is 6.96. The van der Waals surface area contributed by atoms with E-state index in [4.69, 9.17) is 4.98 Å². The number of fused-ring (bicyclic) bond motifs is 1. The van der Waals surface area contributed by atoms with Crippen molar-refractivity contribution in [2.24, 2.45) is 0 Å². The first-order chi connectivity index (χ1) is 17.5. The summed E-state index contributed by atoms with van der Waals surface area (Å²) in [4.78, 5) is 31.8. The summed E-state index contributed by atoms with van der Waals surface area (Å²) in [5.41, 5.74) is 1.91. The van der Waals surface area contributed by atoms with Gasteiger partial charge >= 0.3 is 0 Å². The highest BCUT2D eigenvalue weighted by Gasteiger charge is 2.39. The predicted octanol–water partition coefficient (Wildman–Crippen LogP) is 3.69. The Bertz CT molecular complexity index is 1360. The Balaban J connectivity index is 1.56. The fourth-order valence-corrected chi connectivity index (χ4v) is 5.09. The number of carbonyl (C=O) groups excluding carboxylic acids is 2. The molecule has 1 unspecified atom stereocenters. The Morgan fingerprint density at radius 2 is 1.64 bits per heavy atom. The van der Waals surface area contributed by atoms with Gasteiger partial charge in [0.1, 0.15) is 0 Å². The Hall–Kier alpha value is -3.97. The maximum atomic E-state index is 13.1. The minimum absolute atomic E-state index is 0.0630. The van der Waals surface area contributed by atoms with Crippen molar-refractivity contribution in [3.63, 3.8) is 0 Å². The van der Waals surface area contributed by atoms with Gasteiger partial charge in [0.25, 0.3) is 5.91 Å². The van der Waals surface area contributed by atoms with Crippen molar-refractivity contribution < 1.29 is 14.7 Å². The van der Waals surface area contributed by atoms with Crippen LogP contribution in [0.4, 0.5) is 0 Å². The van der Waals surface area contributed by atoms with Crippen LogP contribution in [0.1, 0.15) is 47.6 Å². The van der Waals surface area contributed by atoms with Crippen molar-refractivity contribution in [2.75, 3.05) is 13.1 Å². The number of aromatic nitrogens is 2. The van der Waals surface area contributed by atoms with E-state index < -0.39 is 5.60 Å². The van der Waals surface area contributed by atoms with E-state index in [1.54, 1.807) is 11.0 Å². The predicted molar refractivity (Wildman–Crippen MR) is 139 cm³/mol. The Kier molecular flexibility index (Phi) is 6.33. The summed E-state index contributed by atoms with van der Waals surface area (Å²) < 4.78 is 1.96. The van der Waals surface area contributed by atoms with Crippen LogP contribution in [-0.2, 0) is 16.9 Å². The molecule has 4 aromatic rings. The summed E-state index contributed by atoms with van der Waals surface area (Å²) in [5, 5.41) is 15.3. The van der Waals surface area contributed by atoms with Crippen LogP contribution in [0.25, 0.3) is 11.0 Å². The van der Waals surface area contributed by atoms with Gasteiger partial charge in [-0.05, 0) is 43.2 Å². The number of imidazole rings is 1. The van der Waals surface area contributed by atoms with Crippen LogP contribution < -0.4 is 5.32 Å². The number of likely N-dealkylation sites (tertiary alicyclic amines) is 1. The maximum absolute atomic E-state index is 13.1. The summed E-state index contributed by atoms with van der Waals surface area (Å²) >= 11 is 0. The van der Waals surface area contributed by atoms with Crippen LogP contribution in [-0.4, -0.2) is 50.5 Å². The molecular weight excluding hydrogens is 452 g/mol. The maximum Gasteiger partial charge on any atom is 0.251 e. The average Bonchev–Trinajstić information content (AvgIpc) is 3.47. The molecule has 0 spiro atoms. The molecule has 0 bridgehead atoms. The number of likely N-dealkylation sites (N-methyl/N-ethyl adjacent to an activating group) is 1. The second-order valence-electron chi connectivity index (χ2n) is 9.13. The van der Waals surface area contributed by atoms with Gasteiger partial charge in [0.2, 0.25) is 5.91 Å². The quantitative estimate of drug-likeness (QED) is 0.421. The standard InChI is InChI=1S/C29H30N4O3/c1-3-32-19-23(18-26(32)34)30-27(35)20-15-16-24-25(17-20)33(4-2)28(31-24)29(36,21-11-7-5-8-12-21)22-13-9-6-10-14-22/h5-17,23,36H,3-4,18-19H2,1-2H3,(H,30,35). The van der Waals surface area contributed by atoms with Gasteiger partial charge in [-0.15, -0.1) is 0 Å². The van der Waals surface area contributed by atoms with Gasteiger partial charge < -0.3 is 19.9 Å². The number of aliphatic hydroxyl groups is 1. The van der Waals surface area contributed by atoms with E-state index in [-0.39, 0.29) is 17.9 Å². The lowest BCUT2D eigenvalue weighted by Crippen LogP contribution is -2.37. The molecule has 7 heteroatoms. The summed E-state index contributed by atoms with van der Waals surface area (Å²) in [6.45, 7) is 5.66. The van der Waals surface area contributed by atoms with Crippen LogP contribution in [0.15, 0.2) is 78.9 Å². The van der Waals surface area contributed by atoms with E-state index in [2.05, 4.69) is 5.32 Å². The SMILES string of the molecule is CCN1CC(NC(=O)c2ccc3nc(C(O)(c4ccccc4)c4ccccc4)n(CC)c3c2)CC1=O. The fraction of sp³-hybridized carbons (Fsp3) is 0.276. The summed E-state index contributed by atoms with van der Waals surface area (Å²) in [6, 6.07) is 24.2. The molecule has 7 nitrogen and oxygen atoms in total. The number of aryl methyl sites for hydroxylation is 1. The molecule has 1 atom stereocenters. The first-order valence-corrected chi connectivity index (χ1v) is 12.4. The largest absolute Gasteiger partial charge is 0.373 e. The Labute approximate surface area is 210 Å². The molecule has 1 aromatic heterocycles. The van der Waals surface area contributed by atoms with Crippen LogP contribution in [0.2, 0.25) is 0 Å². The number of rotatable bonds is 7. The number of benzene rings is 3. The summed E-state index contributed by atoms with van der Waals surface area (Å²) in [5.74, 6) is 0.336. The first-order valence-electron chi connectivity index (χ1n) is 12.4. The third kappa shape index (κ3) is 4.05. The highest BCUT2D eigenvalue weighted by atomic mass is 16.3. The zero-order valence-electron chi connectivity index (χ0n) is 20.5. The third-order valence-corrected chi connectivity index (χ3v) is 6.96. The number of hydrogen-bond donors (Lipinski definition) is 2. The van der Waals surface area contributed by atoms with E-state index in [1.807, 2.05) is 91.2 Å². The number of amides is 2. The average molecular weight is 483 g/mol. The molecule has 1 aliphatic rings. The van der Waals surface area contributed by atoms with E-state index in [0.29, 0.717) is 54.1 Å². The monoisotopic (exact) mass is 482 g/mol. The van der Waals surface area contributed by atoms with E-state index in [1.165, 1.54) is 0 Å². The molecule has 0 saturated carbocycles. The Morgan fingerprint density at radius 3 is 2.19 bits per heavy atom. The molecule has 0 radical (unpaired) electrons. The molecule has 2 N–H and O–H groups in total. The molecule has 1 aliphatic heterocycles. The molecule has 1 saturated heterocycles. The van der Waals surface area contributed by atoms with Gasteiger partial charge in [-0.2, -0.15) is 0 Å². The van der Waals surface area contributed by atoms with Gasteiger partial charge in [0.05, 0.1) is 17.1 Å². The highest BCUT2D eigenvalue weighted by Crippen LogP contribution is 2.37. The molecule has 2 amide bonds. The molecule has 1 fully saturated rings. The summed E-state index contributed by atoms with van der Waals surface area (Å²) in [6.07, 6.45) is 0.319. The molecule has 0 aliphatic carbocycles. The lowest BCUT2D eigenvalue weighted by molar-refractivity contribution is -0.127. The van der Waals surface area contributed by atoms with E-state index in [0.717, 1.165) is 5.52 Å². The van der Waals surface area contributed by atoms with Crippen molar-refractivity contribution in [2.45, 2.75) is 38.5 Å². The molecule has 3 aromatic carbocycles. The molecular formula is C29H30N4O3. The van der Waals surface area contributed by atoms with Gasteiger partial charge in [-0.25, -0.2) is 4.98 Å². The highest BCUT2D eigenvalue weighted by molar-refractivity contribution is 5.98. The van der Waals surface area contributed by atoms with Gasteiger partial charge in [0, 0.05) is 31.6 Å². The van der Waals surface area contributed by atoms with Crippen molar-refractivity contribution in [3.8, 4) is 0 Å². The Morgan fingerprint density at radius 1 is 1.00 bits per heavy atom. The zero-order chi connectivity index (χ0) is 25.3. The van der Waals surface area contributed by atoms with Crippen molar-refractivity contribution in [1.82, 2.24) is 19.8 Å². The van der Waals surface area contributed by atoms with E-state index in [9.17, 15) is 14.7 Å². The van der Waals surface area contributed by atoms with Crippen LogP contribution in [0.5, 0.6) is 0 Å². The summed E-state index contributed by atoms with van der Waals surface area (Å²) in [7, 11) is 0. The number of carbonyl (C=O) groups is 2.